The van der Waals surface area contributed by atoms with Crippen molar-refractivity contribution in [1.29, 1.82) is 0 Å². The maximum Gasteiger partial charge on any atom is 0.251 e. The minimum atomic E-state index is -0.529. The van der Waals surface area contributed by atoms with Crippen molar-refractivity contribution < 1.29 is 4.79 Å². The van der Waals surface area contributed by atoms with Crippen molar-refractivity contribution in [3.05, 3.63) is 52.6 Å². The fourth-order valence-electron chi connectivity index (χ4n) is 1.51. The molecule has 17 heavy (non-hydrogen) atoms. The second-order valence-electron chi connectivity index (χ2n) is 3.59. The van der Waals surface area contributed by atoms with Crippen LogP contribution in [-0.2, 0) is 11.2 Å². The minimum absolute atomic E-state index is 0.0735. The molecule has 0 unspecified atom stereocenters. The van der Waals surface area contributed by atoms with Crippen molar-refractivity contribution in [2.45, 2.75) is 6.42 Å². The van der Waals surface area contributed by atoms with E-state index in [1.807, 2.05) is 30.3 Å². The van der Waals surface area contributed by atoms with Crippen LogP contribution in [0.15, 0.2) is 41.2 Å². The molecule has 2 rings (SSSR count). The molecule has 2 aromatic rings. The molecule has 5 nitrogen and oxygen atoms in total. The Kier molecular flexibility index (Phi) is 3.00. The lowest BCUT2D eigenvalue weighted by Crippen LogP contribution is -2.19. The molecule has 0 aliphatic heterocycles. The molecular formula is C12H11N3O2. The van der Waals surface area contributed by atoms with Gasteiger partial charge < -0.3 is 10.7 Å². The summed E-state index contributed by atoms with van der Waals surface area (Å²) < 4.78 is 0. The van der Waals surface area contributed by atoms with E-state index in [4.69, 9.17) is 5.73 Å². The average molecular weight is 229 g/mol. The number of rotatable bonds is 3. The molecule has 0 aliphatic carbocycles. The number of hydrogen-bond donors (Lipinski definition) is 2. The SMILES string of the molecule is NC(=O)Cc1nc(-c2ccccc2)cc(=O)[nH]1. The van der Waals surface area contributed by atoms with Gasteiger partial charge in [-0.15, -0.1) is 0 Å². The van der Waals surface area contributed by atoms with Gasteiger partial charge in [0.2, 0.25) is 5.91 Å². The average Bonchev–Trinajstić information content (AvgIpc) is 2.28. The number of hydrogen-bond acceptors (Lipinski definition) is 3. The van der Waals surface area contributed by atoms with Crippen molar-refractivity contribution in [3.8, 4) is 11.3 Å². The minimum Gasteiger partial charge on any atom is -0.369 e. The molecule has 0 saturated carbocycles. The summed E-state index contributed by atoms with van der Waals surface area (Å²) in [6.07, 6.45) is -0.0735. The molecule has 0 fully saturated rings. The number of nitrogens with one attached hydrogen (secondary N) is 1. The zero-order valence-corrected chi connectivity index (χ0v) is 9.01. The van der Waals surface area contributed by atoms with E-state index in [2.05, 4.69) is 9.97 Å². The quantitative estimate of drug-likeness (QED) is 0.801. The van der Waals surface area contributed by atoms with Gasteiger partial charge in [0.25, 0.3) is 5.56 Å². The summed E-state index contributed by atoms with van der Waals surface area (Å²) in [6.45, 7) is 0. The van der Waals surface area contributed by atoms with Gasteiger partial charge in [-0.3, -0.25) is 9.59 Å². The first-order valence-electron chi connectivity index (χ1n) is 5.09. The van der Waals surface area contributed by atoms with Gasteiger partial charge in [0.05, 0.1) is 12.1 Å². The van der Waals surface area contributed by atoms with E-state index < -0.39 is 5.91 Å². The van der Waals surface area contributed by atoms with Crippen molar-refractivity contribution in [2.75, 3.05) is 0 Å². The zero-order valence-electron chi connectivity index (χ0n) is 9.01. The number of nitrogens with two attached hydrogens (primary N) is 1. The molecule has 3 N–H and O–H groups in total. The van der Waals surface area contributed by atoms with Gasteiger partial charge in [-0.05, 0) is 0 Å². The molecule has 0 bridgehead atoms. The molecular weight excluding hydrogens is 218 g/mol. The van der Waals surface area contributed by atoms with E-state index in [-0.39, 0.29) is 17.8 Å². The van der Waals surface area contributed by atoms with Gasteiger partial charge in [0.1, 0.15) is 5.82 Å². The van der Waals surface area contributed by atoms with E-state index in [9.17, 15) is 9.59 Å². The molecule has 1 aromatic carbocycles. The molecule has 0 saturated heterocycles. The van der Waals surface area contributed by atoms with E-state index in [1.165, 1.54) is 6.07 Å². The maximum absolute atomic E-state index is 11.4. The first kappa shape index (κ1) is 11.1. The summed E-state index contributed by atoms with van der Waals surface area (Å²) in [5, 5.41) is 0. The van der Waals surface area contributed by atoms with Crippen molar-refractivity contribution >= 4 is 5.91 Å². The van der Waals surface area contributed by atoms with Crippen LogP contribution in [0.1, 0.15) is 5.82 Å². The standard InChI is InChI=1S/C12H11N3O2/c13-10(16)7-11-14-9(6-12(17)15-11)8-4-2-1-3-5-8/h1-6H,7H2,(H2,13,16)(H,14,15,17). The number of carbonyl (C=O) groups excluding carboxylic acids is 1. The highest BCUT2D eigenvalue weighted by molar-refractivity contribution is 5.75. The molecule has 5 heteroatoms. The maximum atomic E-state index is 11.4. The third-order valence-electron chi connectivity index (χ3n) is 2.20. The third kappa shape index (κ3) is 2.78. The molecule has 1 heterocycles. The van der Waals surface area contributed by atoms with Crippen molar-refractivity contribution in [1.82, 2.24) is 9.97 Å². The Balaban J connectivity index is 2.45. The molecule has 0 atom stereocenters. The first-order chi connectivity index (χ1) is 8.15. The van der Waals surface area contributed by atoms with Gasteiger partial charge >= 0.3 is 0 Å². The molecule has 0 spiro atoms. The second-order valence-corrected chi connectivity index (χ2v) is 3.59. The van der Waals surface area contributed by atoms with E-state index in [0.717, 1.165) is 5.56 Å². The van der Waals surface area contributed by atoms with Crippen LogP contribution in [0.3, 0.4) is 0 Å². The van der Waals surface area contributed by atoms with Crippen LogP contribution in [0.2, 0.25) is 0 Å². The molecule has 86 valence electrons. The van der Waals surface area contributed by atoms with Gasteiger partial charge in [-0.1, -0.05) is 30.3 Å². The summed E-state index contributed by atoms with van der Waals surface area (Å²) in [7, 11) is 0. The number of carbonyl (C=O) groups is 1. The van der Waals surface area contributed by atoms with Crippen LogP contribution >= 0.6 is 0 Å². The Morgan fingerprint density at radius 2 is 2.00 bits per heavy atom. The monoisotopic (exact) mass is 229 g/mol. The Morgan fingerprint density at radius 3 is 2.65 bits per heavy atom. The van der Waals surface area contributed by atoms with Crippen LogP contribution in [0, 0.1) is 0 Å². The topological polar surface area (TPSA) is 88.8 Å². The fourth-order valence-corrected chi connectivity index (χ4v) is 1.51. The van der Waals surface area contributed by atoms with E-state index >= 15 is 0 Å². The number of aromatic amines is 1. The predicted molar refractivity (Wildman–Crippen MR) is 63.2 cm³/mol. The highest BCUT2D eigenvalue weighted by atomic mass is 16.1. The zero-order chi connectivity index (χ0) is 12.3. The van der Waals surface area contributed by atoms with Crippen molar-refractivity contribution in [2.24, 2.45) is 5.73 Å². The molecule has 0 aliphatic rings. The summed E-state index contributed by atoms with van der Waals surface area (Å²) >= 11 is 0. The number of H-pyrrole nitrogens is 1. The van der Waals surface area contributed by atoms with Crippen LogP contribution in [0.25, 0.3) is 11.3 Å². The number of nitrogens with zero attached hydrogens (tertiary/aromatic N) is 1. The highest BCUT2D eigenvalue weighted by Gasteiger charge is 2.05. The summed E-state index contributed by atoms with van der Waals surface area (Å²) in [4.78, 5) is 28.9. The molecule has 1 amide bonds. The predicted octanol–water partition coefficient (Wildman–Crippen LogP) is 0.465. The van der Waals surface area contributed by atoms with Crippen LogP contribution in [0.4, 0.5) is 0 Å². The Labute approximate surface area is 97.3 Å². The number of benzene rings is 1. The van der Waals surface area contributed by atoms with Crippen LogP contribution in [0.5, 0.6) is 0 Å². The number of amides is 1. The first-order valence-corrected chi connectivity index (χ1v) is 5.09. The normalized spacial score (nSPS) is 10.1. The fraction of sp³-hybridized carbons (Fsp3) is 0.0833. The Morgan fingerprint density at radius 1 is 1.29 bits per heavy atom. The Hall–Kier alpha value is -2.43. The van der Waals surface area contributed by atoms with Crippen LogP contribution in [-0.4, -0.2) is 15.9 Å². The van der Waals surface area contributed by atoms with Gasteiger partial charge in [-0.25, -0.2) is 4.98 Å². The van der Waals surface area contributed by atoms with Gasteiger partial charge in [0.15, 0.2) is 0 Å². The summed E-state index contributed by atoms with van der Waals surface area (Å²) in [6, 6.07) is 10.7. The Bertz CT molecular complexity index is 590. The molecule has 0 radical (unpaired) electrons. The summed E-state index contributed by atoms with van der Waals surface area (Å²) in [5.74, 6) is -0.248. The molecule has 1 aromatic heterocycles. The third-order valence-corrected chi connectivity index (χ3v) is 2.20. The highest BCUT2D eigenvalue weighted by Crippen LogP contribution is 2.13. The largest absolute Gasteiger partial charge is 0.369 e. The number of primary amides is 1. The number of aromatic nitrogens is 2. The smallest absolute Gasteiger partial charge is 0.251 e. The van der Waals surface area contributed by atoms with Crippen molar-refractivity contribution in [3.63, 3.8) is 0 Å². The van der Waals surface area contributed by atoms with Crippen LogP contribution < -0.4 is 11.3 Å². The van der Waals surface area contributed by atoms with E-state index in [0.29, 0.717) is 5.69 Å². The van der Waals surface area contributed by atoms with Gasteiger partial charge in [0, 0.05) is 11.6 Å². The lowest BCUT2D eigenvalue weighted by Gasteiger charge is -2.02. The summed E-state index contributed by atoms with van der Waals surface area (Å²) in [5.41, 5.74) is 6.12. The second kappa shape index (κ2) is 4.61. The van der Waals surface area contributed by atoms with E-state index in [1.54, 1.807) is 0 Å². The van der Waals surface area contributed by atoms with Gasteiger partial charge in [-0.2, -0.15) is 0 Å². The lowest BCUT2D eigenvalue weighted by molar-refractivity contribution is -0.117. The lowest BCUT2D eigenvalue weighted by atomic mass is 10.1.